The number of thiophene rings is 1. The van der Waals surface area contributed by atoms with Gasteiger partial charge in [0.05, 0.1) is 4.88 Å². The molecule has 0 saturated carbocycles. The molecule has 1 aromatic carbocycles. The third-order valence-electron chi connectivity index (χ3n) is 3.61. The van der Waals surface area contributed by atoms with E-state index in [1.165, 1.54) is 17.4 Å². The Morgan fingerprint density at radius 2 is 2.05 bits per heavy atom. The molecule has 5 heteroatoms. The van der Waals surface area contributed by atoms with Crippen molar-refractivity contribution in [1.29, 1.82) is 0 Å². The average Bonchev–Trinajstić information content (AvgIpc) is 2.92. The number of halogens is 1. The largest absolute Gasteiger partial charge is 0.337 e. The van der Waals surface area contributed by atoms with Crippen molar-refractivity contribution in [2.75, 3.05) is 18.8 Å². The number of amides is 1. The Hall–Kier alpha value is -1.33. The van der Waals surface area contributed by atoms with Gasteiger partial charge >= 0.3 is 0 Å². The maximum absolute atomic E-state index is 13.9. The third kappa shape index (κ3) is 3.30. The molecule has 1 aliphatic heterocycles. The summed E-state index contributed by atoms with van der Waals surface area (Å²) in [5, 5.41) is 2.05. The number of carbonyl (C=O) groups excluding carboxylic acids is 1. The molecule has 1 atom stereocenters. The Labute approximate surface area is 132 Å². The summed E-state index contributed by atoms with van der Waals surface area (Å²) in [5.74, 6) is 0.795. The molecule has 0 spiro atoms. The first-order valence-corrected chi connectivity index (χ1v) is 8.87. The van der Waals surface area contributed by atoms with Gasteiger partial charge in [-0.05, 0) is 23.9 Å². The monoisotopic (exact) mass is 321 g/mol. The van der Waals surface area contributed by atoms with E-state index in [1.54, 1.807) is 17.8 Å². The molecule has 2 aromatic rings. The first-order chi connectivity index (χ1) is 10.3. The number of hydrogen-bond donors (Lipinski definition) is 0. The summed E-state index contributed by atoms with van der Waals surface area (Å²) < 4.78 is 13.9. The van der Waals surface area contributed by atoms with Gasteiger partial charge in [0.2, 0.25) is 0 Å². The molecule has 3 rings (SSSR count). The van der Waals surface area contributed by atoms with Crippen LogP contribution >= 0.6 is 23.1 Å². The van der Waals surface area contributed by atoms with E-state index >= 15 is 0 Å². The molecule has 1 fully saturated rings. The van der Waals surface area contributed by atoms with Gasteiger partial charge in [-0.3, -0.25) is 4.79 Å². The van der Waals surface area contributed by atoms with E-state index in [-0.39, 0.29) is 17.0 Å². The fourth-order valence-corrected chi connectivity index (χ4v) is 4.46. The normalized spacial score (nSPS) is 19.3. The van der Waals surface area contributed by atoms with Crippen LogP contribution in [0.15, 0.2) is 41.8 Å². The summed E-state index contributed by atoms with van der Waals surface area (Å²) in [5.41, 5.74) is 0.757. The predicted octanol–water partition coefficient (Wildman–Crippen LogP) is 4.21. The zero-order valence-electron chi connectivity index (χ0n) is 11.5. The minimum Gasteiger partial charge on any atom is -0.337 e. The molecule has 110 valence electrons. The van der Waals surface area contributed by atoms with Crippen LogP contribution in [0.5, 0.6) is 0 Å². The van der Waals surface area contributed by atoms with Gasteiger partial charge in [-0.1, -0.05) is 24.3 Å². The molecular weight excluding hydrogens is 305 g/mol. The molecule has 1 saturated heterocycles. The standard InChI is InChI=1S/C16H16FNOS2/c17-13-5-2-1-4-12(13)14-7-8-18(9-11-21-14)16(19)15-6-3-10-20-15/h1-6,10,14H,7-9,11H2/t14-/m0/s1. The molecule has 2 nitrogen and oxygen atoms in total. The molecule has 1 amide bonds. The lowest BCUT2D eigenvalue weighted by molar-refractivity contribution is 0.0771. The molecule has 0 radical (unpaired) electrons. The van der Waals surface area contributed by atoms with E-state index in [0.29, 0.717) is 6.54 Å². The summed E-state index contributed by atoms with van der Waals surface area (Å²) in [7, 11) is 0. The Bertz CT molecular complexity index is 614. The van der Waals surface area contributed by atoms with Crippen molar-refractivity contribution in [2.45, 2.75) is 11.7 Å². The van der Waals surface area contributed by atoms with E-state index < -0.39 is 0 Å². The number of rotatable bonds is 2. The van der Waals surface area contributed by atoms with Gasteiger partial charge < -0.3 is 4.90 Å². The highest BCUT2D eigenvalue weighted by molar-refractivity contribution is 7.99. The summed E-state index contributed by atoms with van der Waals surface area (Å²) in [4.78, 5) is 15.0. The maximum Gasteiger partial charge on any atom is 0.263 e. The van der Waals surface area contributed by atoms with Crippen molar-refractivity contribution in [3.8, 4) is 0 Å². The fraction of sp³-hybridized carbons (Fsp3) is 0.312. The van der Waals surface area contributed by atoms with Crippen molar-refractivity contribution < 1.29 is 9.18 Å². The second kappa shape index (κ2) is 6.62. The lowest BCUT2D eigenvalue weighted by Crippen LogP contribution is -2.32. The maximum atomic E-state index is 13.9. The van der Waals surface area contributed by atoms with Crippen LogP contribution < -0.4 is 0 Å². The van der Waals surface area contributed by atoms with Crippen LogP contribution in [0, 0.1) is 5.82 Å². The number of benzene rings is 1. The van der Waals surface area contributed by atoms with Gasteiger partial charge in [-0.2, -0.15) is 11.8 Å². The van der Waals surface area contributed by atoms with Gasteiger partial charge in [0.1, 0.15) is 5.82 Å². The Balaban J connectivity index is 1.70. The first-order valence-electron chi connectivity index (χ1n) is 6.94. The molecule has 0 bridgehead atoms. The molecule has 21 heavy (non-hydrogen) atoms. The summed E-state index contributed by atoms with van der Waals surface area (Å²) in [6.45, 7) is 1.41. The number of nitrogens with zero attached hydrogens (tertiary/aromatic N) is 1. The Kier molecular flexibility index (Phi) is 4.60. The molecule has 0 aliphatic carbocycles. The Morgan fingerprint density at radius 3 is 2.81 bits per heavy atom. The van der Waals surface area contributed by atoms with Crippen molar-refractivity contribution in [3.63, 3.8) is 0 Å². The third-order valence-corrected chi connectivity index (χ3v) is 5.78. The van der Waals surface area contributed by atoms with Crippen molar-refractivity contribution >= 4 is 29.0 Å². The van der Waals surface area contributed by atoms with Gasteiger partial charge in [0.15, 0.2) is 0 Å². The highest BCUT2D eigenvalue weighted by atomic mass is 32.2. The van der Waals surface area contributed by atoms with Crippen LogP contribution in [0.25, 0.3) is 0 Å². The van der Waals surface area contributed by atoms with Crippen LogP contribution in [-0.4, -0.2) is 29.6 Å². The van der Waals surface area contributed by atoms with Gasteiger partial charge in [0.25, 0.3) is 5.91 Å². The Morgan fingerprint density at radius 1 is 1.19 bits per heavy atom. The van der Waals surface area contributed by atoms with E-state index in [4.69, 9.17) is 0 Å². The minimum atomic E-state index is -0.145. The zero-order valence-corrected chi connectivity index (χ0v) is 13.1. The van der Waals surface area contributed by atoms with Crippen LogP contribution in [0.1, 0.15) is 26.9 Å². The van der Waals surface area contributed by atoms with Crippen LogP contribution in [0.4, 0.5) is 4.39 Å². The second-order valence-corrected chi connectivity index (χ2v) is 7.20. The van der Waals surface area contributed by atoms with E-state index in [2.05, 4.69) is 0 Å². The lowest BCUT2D eigenvalue weighted by atomic mass is 10.1. The molecular formula is C16H16FNOS2. The quantitative estimate of drug-likeness (QED) is 0.826. The van der Waals surface area contributed by atoms with Gasteiger partial charge in [-0.15, -0.1) is 11.3 Å². The minimum absolute atomic E-state index is 0.0970. The van der Waals surface area contributed by atoms with Gasteiger partial charge in [-0.25, -0.2) is 4.39 Å². The molecule has 0 unspecified atom stereocenters. The SMILES string of the molecule is O=C(c1cccs1)N1CCS[C@H](c2ccccc2F)CC1. The van der Waals surface area contributed by atoms with E-state index in [0.717, 1.165) is 29.2 Å². The van der Waals surface area contributed by atoms with Gasteiger partial charge in [0, 0.05) is 29.7 Å². The van der Waals surface area contributed by atoms with E-state index in [9.17, 15) is 9.18 Å². The van der Waals surface area contributed by atoms with Crippen LogP contribution in [0.3, 0.4) is 0 Å². The number of carbonyl (C=O) groups is 1. The highest BCUT2D eigenvalue weighted by Crippen LogP contribution is 2.35. The molecule has 1 aromatic heterocycles. The van der Waals surface area contributed by atoms with Crippen molar-refractivity contribution in [3.05, 3.63) is 58.0 Å². The van der Waals surface area contributed by atoms with Crippen molar-refractivity contribution in [2.24, 2.45) is 0 Å². The molecule has 2 heterocycles. The second-order valence-electron chi connectivity index (χ2n) is 4.94. The zero-order chi connectivity index (χ0) is 14.7. The topological polar surface area (TPSA) is 20.3 Å². The lowest BCUT2D eigenvalue weighted by Gasteiger charge is -2.19. The highest BCUT2D eigenvalue weighted by Gasteiger charge is 2.24. The van der Waals surface area contributed by atoms with Crippen LogP contribution in [0.2, 0.25) is 0 Å². The summed E-state index contributed by atoms with van der Waals surface area (Å²) >= 11 is 3.21. The number of thioether (sulfide) groups is 1. The first kappa shape index (κ1) is 14.6. The smallest absolute Gasteiger partial charge is 0.263 e. The molecule has 0 N–H and O–H groups in total. The molecule has 1 aliphatic rings. The number of hydrogen-bond acceptors (Lipinski definition) is 3. The predicted molar refractivity (Wildman–Crippen MR) is 86.4 cm³/mol. The fourth-order valence-electron chi connectivity index (χ4n) is 2.51. The average molecular weight is 321 g/mol. The van der Waals surface area contributed by atoms with Crippen LogP contribution in [-0.2, 0) is 0 Å². The van der Waals surface area contributed by atoms with E-state index in [1.807, 2.05) is 34.5 Å². The summed E-state index contributed by atoms with van der Waals surface area (Å²) in [6, 6.07) is 10.7. The summed E-state index contributed by atoms with van der Waals surface area (Å²) in [6.07, 6.45) is 0.794. The van der Waals surface area contributed by atoms with Crippen molar-refractivity contribution in [1.82, 2.24) is 4.90 Å².